The van der Waals surface area contributed by atoms with Crippen molar-refractivity contribution >= 4 is 52.6 Å². The van der Waals surface area contributed by atoms with E-state index >= 15 is 0 Å². The monoisotopic (exact) mass is 1020 g/mol. The van der Waals surface area contributed by atoms with Gasteiger partial charge in [-0.2, -0.15) is 0 Å². The Morgan fingerprint density at radius 3 is 1.79 bits per heavy atom. The molecule has 0 unspecified atom stereocenters. The van der Waals surface area contributed by atoms with Gasteiger partial charge in [-0.15, -0.1) is 0 Å². The number of hydrogen-bond donors (Lipinski definition) is 5. The van der Waals surface area contributed by atoms with Gasteiger partial charge in [0.15, 0.2) is 0 Å². The normalized spacial score (nSPS) is 12.0. The van der Waals surface area contributed by atoms with Crippen molar-refractivity contribution in [2.24, 2.45) is 10.1 Å². The number of azide groups is 1. The van der Waals surface area contributed by atoms with Crippen molar-refractivity contribution in [1.82, 2.24) is 26.6 Å². The lowest BCUT2D eigenvalue weighted by atomic mass is 9.95. The van der Waals surface area contributed by atoms with Crippen molar-refractivity contribution in [3.05, 3.63) is 76.7 Å². The average molecular weight is 1020 g/mol. The van der Waals surface area contributed by atoms with Gasteiger partial charge in [0, 0.05) is 30.3 Å². The summed E-state index contributed by atoms with van der Waals surface area (Å²) < 4.78 is 43.5. The van der Waals surface area contributed by atoms with Crippen molar-refractivity contribution < 1.29 is 66.7 Å². The highest BCUT2D eigenvalue weighted by molar-refractivity contribution is 6.02. The lowest BCUT2D eigenvalue weighted by molar-refractivity contribution is -0.141. The molecule has 0 bridgehead atoms. The molecule has 2 atom stereocenters. The van der Waals surface area contributed by atoms with E-state index in [4.69, 9.17) is 43.4 Å². The first-order chi connectivity index (χ1) is 34.8. The molecule has 23 heteroatoms. The first-order valence-electron chi connectivity index (χ1n) is 23.8. The molecular weight excluding hydrogens is 951 g/mol. The van der Waals surface area contributed by atoms with Crippen LogP contribution in [-0.4, -0.2) is 145 Å². The minimum absolute atomic E-state index is 0.00930. The Balaban J connectivity index is 1.57. The Labute approximate surface area is 425 Å². The number of nitrogens with zero attached hydrogens (tertiary/aromatic N) is 4. The standard InChI is InChI=1S/C50H71N9O14/c1-34(60)55-40(14-11-21-52-46(57-47(64)72-49(2,3)4)58-48(65)73-50(5,6)7)45(63)53-33-43(61)56-41(32-44(62)66-8)36-17-15-35(16-18-36)37-19-20-42(39-13-10-9-12-38(37)39)71-31-30-70-29-28-69-27-26-68-25-24-67-23-22-54-59-51/h9-10,12-13,15-20,40-41H,11,14,21-33H2,1-8H3,(H,53,63)(H,55,60)(H,56,61)(H2,52,57,58,64,65)/t40-,41-/m0/s1. The molecule has 0 aliphatic carbocycles. The molecule has 0 saturated heterocycles. The number of ether oxygens (including phenoxy) is 8. The lowest BCUT2D eigenvalue weighted by Gasteiger charge is -2.22. The zero-order chi connectivity index (χ0) is 53.7. The van der Waals surface area contributed by atoms with Crippen LogP contribution in [0, 0.1) is 0 Å². The molecule has 73 heavy (non-hydrogen) atoms. The number of guanidine groups is 1. The molecule has 0 fully saturated rings. The van der Waals surface area contributed by atoms with Crippen LogP contribution in [0.25, 0.3) is 32.3 Å². The van der Waals surface area contributed by atoms with Crippen LogP contribution in [0.2, 0.25) is 0 Å². The summed E-state index contributed by atoms with van der Waals surface area (Å²) in [4.78, 5) is 83.1. The maximum absolute atomic E-state index is 13.3. The topological polar surface area (TPSA) is 298 Å². The van der Waals surface area contributed by atoms with Gasteiger partial charge in [0.25, 0.3) is 0 Å². The molecule has 3 aromatic rings. The average Bonchev–Trinajstić information content (AvgIpc) is 3.32. The summed E-state index contributed by atoms with van der Waals surface area (Å²) in [6.07, 6.45) is -1.68. The minimum atomic E-state index is -1.07. The first-order valence-corrected chi connectivity index (χ1v) is 23.8. The third-order valence-electron chi connectivity index (χ3n) is 9.72. The summed E-state index contributed by atoms with van der Waals surface area (Å²) in [6.45, 7) is 14.5. The third-order valence-corrected chi connectivity index (χ3v) is 9.72. The SMILES string of the molecule is COC(=O)C[C@H](NC(=O)CNC(=O)[C@H](CCCN=C(NC(=O)OC(C)(C)C)NC(=O)OC(C)(C)C)NC(C)=O)c1ccc(-c2ccc(OCCOCCOCCOCCOCCN=[N+]=[N-])c3ccccc23)cc1. The maximum atomic E-state index is 13.3. The molecular formula is C50H71N9O14. The second-order valence-electron chi connectivity index (χ2n) is 18.0. The number of carbonyl (C=O) groups is 6. The second kappa shape index (κ2) is 32.1. The number of nitrogens with one attached hydrogen (secondary N) is 5. The Morgan fingerprint density at radius 1 is 0.685 bits per heavy atom. The number of aliphatic imine (C=N–C) groups is 1. The molecule has 0 radical (unpaired) electrons. The van der Waals surface area contributed by atoms with E-state index in [2.05, 4.69) is 41.6 Å². The zero-order valence-electron chi connectivity index (χ0n) is 43.0. The number of rotatable bonds is 29. The van der Waals surface area contributed by atoms with E-state index in [-0.39, 0.29) is 38.3 Å². The molecule has 0 aliphatic rings. The number of amides is 5. The highest BCUT2D eigenvalue weighted by Crippen LogP contribution is 2.35. The molecule has 0 aromatic heterocycles. The van der Waals surface area contributed by atoms with Crippen molar-refractivity contribution in [1.29, 1.82) is 0 Å². The number of alkyl carbamates (subject to hydrolysis) is 2. The first kappa shape index (κ1) is 60.3. The number of esters is 1. The van der Waals surface area contributed by atoms with Crippen LogP contribution in [0.5, 0.6) is 5.75 Å². The quantitative estimate of drug-likeness (QED) is 0.00804. The van der Waals surface area contributed by atoms with Gasteiger partial charge in [-0.25, -0.2) is 9.59 Å². The number of carbonyl (C=O) groups excluding carboxylic acids is 6. The van der Waals surface area contributed by atoms with E-state index in [9.17, 15) is 28.8 Å². The fraction of sp³-hybridized carbons (Fsp3) is 0.540. The van der Waals surface area contributed by atoms with E-state index in [0.29, 0.717) is 70.8 Å². The fourth-order valence-electron chi connectivity index (χ4n) is 6.62. The van der Waals surface area contributed by atoms with Gasteiger partial charge in [0.1, 0.15) is 29.6 Å². The zero-order valence-corrected chi connectivity index (χ0v) is 43.0. The molecule has 0 saturated carbocycles. The summed E-state index contributed by atoms with van der Waals surface area (Å²) in [5.41, 5.74) is 8.98. The van der Waals surface area contributed by atoms with E-state index < -0.39 is 65.7 Å². The van der Waals surface area contributed by atoms with Crippen LogP contribution in [0.3, 0.4) is 0 Å². The van der Waals surface area contributed by atoms with Gasteiger partial charge in [0.05, 0.1) is 79.0 Å². The third kappa shape index (κ3) is 25.3. The molecule has 5 amide bonds. The summed E-state index contributed by atoms with van der Waals surface area (Å²) in [7, 11) is 1.24. The van der Waals surface area contributed by atoms with E-state index in [1.54, 1.807) is 53.7 Å². The predicted octanol–water partition coefficient (Wildman–Crippen LogP) is 5.79. The van der Waals surface area contributed by atoms with Crippen LogP contribution >= 0.6 is 0 Å². The highest BCUT2D eigenvalue weighted by Gasteiger charge is 2.24. The van der Waals surface area contributed by atoms with Crippen molar-refractivity contribution in [2.45, 2.75) is 91.0 Å². The lowest BCUT2D eigenvalue weighted by Crippen LogP contribution is -2.49. The molecule has 5 N–H and O–H groups in total. The molecule has 0 heterocycles. The van der Waals surface area contributed by atoms with Crippen molar-refractivity contribution in [2.75, 3.05) is 86.2 Å². The van der Waals surface area contributed by atoms with Crippen LogP contribution in [0.15, 0.2) is 70.8 Å². The van der Waals surface area contributed by atoms with Crippen LogP contribution in [-0.2, 0) is 52.3 Å². The summed E-state index contributed by atoms with van der Waals surface area (Å²) >= 11 is 0. The number of hydrogen-bond acceptors (Lipinski definition) is 16. The summed E-state index contributed by atoms with van der Waals surface area (Å²) in [6, 6.07) is 17.2. The maximum Gasteiger partial charge on any atom is 0.414 e. The Morgan fingerprint density at radius 2 is 1.25 bits per heavy atom. The largest absolute Gasteiger partial charge is 0.491 e. The highest BCUT2D eigenvalue weighted by atomic mass is 16.6. The van der Waals surface area contributed by atoms with E-state index in [1.807, 2.05) is 48.5 Å². The van der Waals surface area contributed by atoms with Crippen molar-refractivity contribution in [3.63, 3.8) is 0 Å². The van der Waals surface area contributed by atoms with Crippen molar-refractivity contribution in [3.8, 4) is 16.9 Å². The van der Waals surface area contributed by atoms with E-state index in [0.717, 1.165) is 21.9 Å². The Bertz CT molecular complexity index is 2300. The number of fused-ring (bicyclic) bond motifs is 1. The molecule has 0 aliphatic heterocycles. The molecule has 3 aromatic carbocycles. The van der Waals surface area contributed by atoms with Gasteiger partial charge < -0.3 is 53.8 Å². The predicted molar refractivity (Wildman–Crippen MR) is 271 cm³/mol. The number of methoxy groups -OCH3 is 1. The molecule has 23 nitrogen and oxygen atoms in total. The molecule has 0 spiro atoms. The minimum Gasteiger partial charge on any atom is -0.491 e. The van der Waals surface area contributed by atoms with E-state index in [1.165, 1.54) is 14.0 Å². The fourth-order valence-corrected chi connectivity index (χ4v) is 6.62. The van der Waals surface area contributed by atoms with Gasteiger partial charge in [-0.05, 0) is 88.1 Å². The van der Waals surface area contributed by atoms with Crippen LogP contribution < -0.4 is 31.3 Å². The summed E-state index contributed by atoms with van der Waals surface area (Å²) in [5.74, 6) is -1.88. The van der Waals surface area contributed by atoms with Gasteiger partial charge >= 0.3 is 18.2 Å². The number of benzene rings is 3. The second-order valence-corrected chi connectivity index (χ2v) is 18.0. The van der Waals surface area contributed by atoms with Crippen LogP contribution in [0.1, 0.15) is 79.3 Å². The smallest absolute Gasteiger partial charge is 0.414 e. The van der Waals surface area contributed by atoms with Gasteiger partial charge in [-0.1, -0.05) is 59.7 Å². The summed E-state index contributed by atoms with van der Waals surface area (Å²) in [5, 5.41) is 17.9. The van der Waals surface area contributed by atoms with Gasteiger partial charge in [-0.3, -0.25) is 34.8 Å². The van der Waals surface area contributed by atoms with Crippen LogP contribution in [0.4, 0.5) is 9.59 Å². The Kier molecular flexibility index (Phi) is 26.5. The van der Waals surface area contributed by atoms with Gasteiger partial charge in [0.2, 0.25) is 23.7 Å². The molecule has 3 rings (SSSR count). The molecule has 400 valence electrons. The Hall–Kier alpha value is -7.04.